The smallest absolute Gasteiger partial charge is 0.344 e. The van der Waals surface area contributed by atoms with E-state index in [0.29, 0.717) is 27.0 Å². The van der Waals surface area contributed by atoms with Crippen LogP contribution in [-0.2, 0) is 9.59 Å². The van der Waals surface area contributed by atoms with Crippen LogP contribution in [0.3, 0.4) is 0 Å². The average molecular weight is 494 g/mol. The molecule has 0 fully saturated rings. The molecule has 0 saturated heterocycles. The third kappa shape index (κ3) is 6.12. The quantitative estimate of drug-likeness (QED) is 0.181. The summed E-state index contributed by atoms with van der Waals surface area (Å²) in [6, 6.07) is 18.9. The number of nitrogens with zero attached hydrogens (tertiary/aromatic N) is 1. The first kappa shape index (κ1) is 22.9. The molecule has 162 valence electrons. The zero-order valence-corrected chi connectivity index (χ0v) is 19.0. The highest BCUT2D eigenvalue weighted by Crippen LogP contribution is 2.19. The SMILES string of the molecule is Cc1ccc(NC(=O)C(=O)N/N=C/c2cccc(OC(=O)c3ccccc3Br)c2)cc1C. The number of carbonyl (C=O) groups excluding carboxylic acids is 3. The van der Waals surface area contributed by atoms with Crippen molar-refractivity contribution in [2.45, 2.75) is 13.8 Å². The number of anilines is 1. The maximum absolute atomic E-state index is 12.3. The Morgan fingerprint density at radius 3 is 2.44 bits per heavy atom. The molecule has 3 rings (SSSR count). The molecule has 3 aromatic rings. The summed E-state index contributed by atoms with van der Waals surface area (Å²) in [5.74, 6) is -1.94. The average Bonchev–Trinajstić information content (AvgIpc) is 2.76. The zero-order valence-electron chi connectivity index (χ0n) is 17.4. The van der Waals surface area contributed by atoms with E-state index in [2.05, 4.69) is 31.8 Å². The van der Waals surface area contributed by atoms with Crippen molar-refractivity contribution in [2.24, 2.45) is 5.10 Å². The first-order valence-electron chi connectivity index (χ1n) is 9.62. The van der Waals surface area contributed by atoms with E-state index in [1.165, 1.54) is 6.21 Å². The van der Waals surface area contributed by atoms with Gasteiger partial charge in [-0.1, -0.05) is 30.3 Å². The molecule has 0 aliphatic rings. The molecule has 0 aromatic heterocycles. The highest BCUT2D eigenvalue weighted by atomic mass is 79.9. The van der Waals surface area contributed by atoms with Gasteiger partial charge in [0.05, 0.1) is 11.8 Å². The topological polar surface area (TPSA) is 96.9 Å². The molecule has 0 unspecified atom stereocenters. The second kappa shape index (κ2) is 10.5. The van der Waals surface area contributed by atoms with E-state index in [1.807, 2.05) is 19.9 Å². The monoisotopic (exact) mass is 493 g/mol. The van der Waals surface area contributed by atoms with Gasteiger partial charge in [0.1, 0.15) is 5.75 Å². The normalized spacial score (nSPS) is 10.6. The van der Waals surface area contributed by atoms with Crippen LogP contribution in [0.2, 0.25) is 0 Å². The van der Waals surface area contributed by atoms with E-state index in [-0.39, 0.29) is 0 Å². The van der Waals surface area contributed by atoms with Crippen LogP contribution in [0.15, 0.2) is 76.3 Å². The van der Waals surface area contributed by atoms with Gasteiger partial charge in [0.15, 0.2) is 0 Å². The van der Waals surface area contributed by atoms with E-state index in [0.717, 1.165) is 11.1 Å². The van der Waals surface area contributed by atoms with Gasteiger partial charge in [-0.2, -0.15) is 5.10 Å². The predicted octanol–water partition coefficient (Wildman–Crippen LogP) is 4.37. The summed E-state index contributed by atoms with van der Waals surface area (Å²) in [5, 5.41) is 6.32. The Hall–Kier alpha value is -3.78. The molecule has 0 radical (unpaired) electrons. The highest BCUT2D eigenvalue weighted by molar-refractivity contribution is 9.10. The van der Waals surface area contributed by atoms with Crippen LogP contribution in [0.4, 0.5) is 5.69 Å². The second-order valence-electron chi connectivity index (χ2n) is 6.89. The van der Waals surface area contributed by atoms with Gasteiger partial charge in [-0.25, -0.2) is 10.2 Å². The molecule has 2 N–H and O–H groups in total. The number of rotatable bonds is 5. The highest BCUT2D eigenvalue weighted by Gasteiger charge is 2.14. The van der Waals surface area contributed by atoms with Gasteiger partial charge in [-0.05, 0) is 82.9 Å². The van der Waals surface area contributed by atoms with Crippen LogP contribution in [0, 0.1) is 13.8 Å². The molecule has 0 saturated carbocycles. The van der Waals surface area contributed by atoms with Crippen LogP contribution in [0.25, 0.3) is 0 Å². The third-order valence-electron chi connectivity index (χ3n) is 4.51. The number of hydrogen-bond donors (Lipinski definition) is 2. The summed E-state index contributed by atoms with van der Waals surface area (Å²) in [6.07, 6.45) is 1.34. The van der Waals surface area contributed by atoms with Gasteiger partial charge in [0.25, 0.3) is 0 Å². The number of amides is 2. The molecular formula is C24H20BrN3O4. The van der Waals surface area contributed by atoms with Crippen molar-refractivity contribution in [3.8, 4) is 5.75 Å². The minimum absolute atomic E-state index is 0.313. The number of benzene rings is 3. The number of esters is 1. The number of hydrogen-bond acceptors (Lipinski definition) is 5. The molecule has 0 aliphatic carbocycles. The molecule has 0 bridgehead atoms. The van der Waals surface area contributed by atoms with Crippen molar-refractivity contribution in [1.82, 2.24) is 5.43 Å². The fraction of sp³-hybridized carbons (Fsp3) is 0.0833. The zero-order chi connectivity index (χ0) is 23.1. The minimum Gasteiger partial charge on any atom is -0.423 e. The Kier molecular flexibility index (Phi) is 7.51. The molecule has 8 heteroatoms. The van der Waals surface area contributed by atoms with Gasteiger partial charge >= 0.3 is 17.8 Å². The van der Waals surface area contributed by atoms with Gasteiger partial charge in [-0.3, -0.25) is 9.59 Å². The lowest BCUT2D eigenvalue weighted by Gasteiger charge is -2.07. The third-order valence-corrected chi connectivity index (χ3v) is 5.20. The Morgan fingerprint density at radius 2 is 1.69 bits per heavy atom. The number of hydrazone groups is 1. The molecule has 0 heterocycles. The van der Waals surface area contributed by atoms with Gasteiger partial charge in [0.2, 0.25) is 0 Å². The second-order valence-corrected chi connectivity index (χ2v) is 7.75. The lowest BCUT2D eigenvalue weighted by Crippen LogP contribution is -2.32. The molecular weight excluding hydrogens is 474 g/mol. The first-order chi connectivity index (χ1) is 15.3. The number of nitrogens with one attached hydrogen (secondary N) is 2. The van der Waals surface area contributed by atoms with Gasteiger partial charge in [-0.15, -0.1) is 0 Å². The standard InChI is InChI=1S/C24H20BrN3O4/c1-15-10-11-18(12-16(15)2)27-22(29)23(30)28-26-14-17-6-5-7-19(13-17)32-24(31)20-8-3-4-9-21(20)25/h3-14H,1-2H3,(H,27,29)(H,28,30)/b26-14+. The number of carbonyl (C=O) groups is 3. The molecule has 3 aromatic carbocycles. The van der Waals surface area contributed by atoms with Crippen molar-refractivity contribution in [3.63, 3.8) is 0 Å². The minimum atomic E-state index is -0.906. The maximum atomic E-state index is 12.3. The largest absolute Gasteiger partial charge is 0.423 e. The summed E-state index contributed by atoms with van der Waals surface area (Å²) >= 11 is 3.32. The van der Waals surface area contributed by atoms with Crippen molar-refractivity contribution in [2.75, 3.05) is 5.32 Å². The number of halogens is 1. The maximum Gasteiger partial charge on any atom is 0.344 e. The van der Waals surface area contributed by atoms with E-state index in [4.69, 9.17) is 4.74 Å². The molecule has 0 atom stereocenters. The van der Waals surface area contributed by atoms with Crippen LogP contribution >= 0.6 is 15.9 Å². The summed E-state index contributed by atoms with van der Waals surface area (Å²) in [4.78, 5) is 36.3. The van der Waals surface area contributed by atoms with E-state index in [9.17, 15) is 14.4 Å². The summed E-state index contributed by atoms with van der Waals surface area (Å²) in [5.41, 5.74) is 5.75. The molecule has 0 aliphatic heterocycles. The van der Waals surface area contributed by atoms with E-state index in [1.54, 1.807) is 60.7 Å². The fourth-order valence-corrected chi connectivity index (χ4v) is 3.12. The van der Waals surface area contributed by atoms with Gasteiger partial charge in [0, 0.05) is 10.2 Å². The molecule has 32 heavy (non-hydrogen) atoms. The summed E-state index contributed by atoms with van der Waals surface area (Å²) < 4.78 is 6.02. The van der Waals surface area contributed by atoms with Crippen LogP contribution in [0.1, 0.15) is 27.0 Å². The van der Waals surface area contributed by atoms with Crippen molar-refractivity contribution in [3.05, 3.63) is 93.5 Å². The fourth-order valence-electron chi connectivity index (χ4n) is 2.67. The summed E-state index contributed by atoms with van der Waals surface area (Å²) in [7, 11) is 0. The predicted molar refractivity (Wildman–Crippen MR) is 126 cm³/mol. The summed E-state index contributed by atoms with van der Waals surface area (Å²) in [6.45, 7) is 3.87. The Labute approximate surface area is 193 Å². The molecule has 2 amide bonds. The number of ether oxygens (including phenoxy) is 1. The van der Waals surface area contributed by atoms with E-state index < -0.39 is 17.8 Å². The van der Waals surface area contributed by atoms with Crippen LogP contribution in [0.5, 0.6) is 5.75 Å². The van der Waals surface area contributed by atoms with E-state index >= 15 is 0 Å². The van der Waals surface area contributed by atoms with Crippen molar-refractivity contribution < 1.29 is 19.1 Å². The first-order valence-corrected chi connectivity index (χ1v) is 10.4. The Morgan fingerprint density at radius 1 is 0.906 bits per heavy atom. The molecule has 0 spiro atoms. The molecule has 7 nitrogen and oxygen atoms in total. The Balaban J connectivity index is 1.57. The van der Waals surface area contributed by atoms with Crippen molar-refractivity contribution in [1.29, 1.82) is 0 Å². The van der Waals surface area contributed by atoms with Gasteiger partial charge < -0.3 is 10.1 Å². The van der Waals surface area contributed by atoms with Crippen molar-refractivity contribution >= 4 is 45.6 Å². The lowest BCUT2D eigenvalue weighted by molar-refractivity contribution is -0.136. The van der Waals surface area contributed by atoms with Crippen LogP contribution < -0.4 is 15.5 Å². The van der Waals surface area contributed by atoms with Crippen LogP contribution in [-0.4, -0.2) is 24.0 Å². The number of aryl methyl sites for hydroxylation is 2. The Bertz CT molecular complexity index is 1210. The lowest BCUT2D eigenvalue weighted by atomic mass is 10.1.